The van der Waals surface area contributed by atoms with Crippen LogP contribution < -0.4 is 5.32 Å². The van der Waals surface area contributed by atoms with Gasteiger partial charge in [0.25, 0.3) is 0 Å². The molecule has 1 fully saturated rings. The molecule has 2 rings (SSSR count). The minimum atomic E-state index is 0.176. The third-order valence-electron chi connectivity index (χ3n) is 4.26. The molecule has 0 aliphatic heterocycles. The van der Waals surface area contributed by atoms with Crippen LogP contribution in [0.25, 0.3) is 0 Å². The molecule has 0 unspecified atom stereocenters. The Kier molecular flexibility index (Phi) is 5.50. The number of nitrogens with one attached hydrogen (secondary N) is 1. The molecule has 0 aromatic carbocycles. The maximum absolute atomic E-state index is 6.11. The van der Waals surface area contributed by atoms with Crippen molar-refractivity contribution in [2.24, 2.45) is 5.41 Å². The van der Waals surface area contributed by atoms with Gasteiger partial charge in [0.05, 0.1) is 12.7 Å². The second kappa shape index (κ2) is 6.80. The Labute approximate surface area is 134 Å². The highest BCUT2D eigenvalue weighted by Crippen LogP contribution is 2.36. The molecule has 120 valence electrons. The van der Waals surface area contributed by atoms with Crippen molar-refractivity contribution in [3.05, 3.63) is 21.9 Å². The van der Waals surface area contributed by atoms with Gasteiger partial charge in [0.15, 0.2) is 0 Å². The summed E-state index contributed by atoms with van der Waals surface area (Å²) in [5, 5.41) is 3.54. The lowest BCUT2D eigenvalue weighted by molar-refractivity contribution is -0.00448. The molecule has 1 aliphatic rings. The summed E-state index contributed by atoms with van der Waals surface area (Å²) in [6.45, 7) is 13.1. The second-order valence-electron chi connectivity index (χ2n) is 8.15. The van der Waals surface area contributed by atoms with Gasteiger partial charge >= 0.3 is 0 Å². The fourth-order valence-electron chi connectivity index (χ4n) is 2.69. The lowest BCUT2D eigenvalue weighted by atomic mass is 9.76. The number of thiophene rings is 1. The van der Waals surface area contributed by atoms with E-state index >= 15 is 0 Å². The summed E-state index contributed by atoms with van der Waals surface area (Å²) in [7, 11) is 0. The van der Waals surface area contributed by atoms with Crippen LogP contribution in [0.3, 0.4) is 0 Å². The molecule has 1 saturated carbocycles. The Hall–Kier alpha value is -0.380. The van der Waals surface area contributed by atoms with Gasteiger partial charge < -0.3 is 10.1 Å². The average Bonchev–Trinajstić information content (AvgIpc) is 2.82. The van der Waals surface area contributed by atoms with Gasteiger partial charge in [0.1, 0.15) is 0 Å². The van der Waals surface area contributed by atoms with Crippen LogP contribution in [-0.4, -0.2) is 11.6 Å². The first kappa shape index (κ1) is 17.0. The van der Waals surface area contributed by atoms with Crippen LogP contribution >= 0.6 is 11.3 Å². The van der Waals surface area contributed by atoms with Crippen LogP contribution in [-0.2, 0) is 17.9 Å². The van der Waals surface area contributed by atoms with E-state index in [9.17, 15) is 0 Å². The molecular formula is C18H31NOS. The van der Waals surface area contributed by atoms with E-state index in [4.69, 9.17) is 4.74 Å². The summed E-state index contributed by atoms with van der Waals surface area (Å²) < 4.78 is 6.11. The molecule has 1 aromatic heterocycles. The highest BCUT2D eigenvalue weighted by atomic mass is 32.1. The molecule has 1 aromatic rings. The molecule has 21 heavy (non-hydrogen) atoms. The van der Waals surface area contributed by atoms with Crippen molar-refractivity contribution in [1.82, 2.24) is 5.32 Å². The van der Waals surface area contributed by atoms with E-state index in [1.54, 1.807) is 0 Å². The molecular weight excluding hydrogens is 278 g/mol. The number of hydrogen-bond donors (Lipinski definition) is 1. The van der Waals surface area contributed by atoms with E-state index < -0.39 is 0 Å². The van der Waals surface area contributed by atoms with Crippen molar-refractivity contribution in [2.75, 3.05) is 0 Å². The molecule has 0 saturated heterocycles. The quantitative estimate of drug-likeness (QED) is 0.815. The van der Waals surface area contributed by atoms with E-state index in [2.05, 4.69) is 52.1 Å². The summed E-state index contributed by atoms with van der Waals surface area (Å²) in [5.74, 6) is 0. The topological polar surface area (TPSA) is 21.3 Å². The van der Waals surface area contributed by atoms with Gasteiger partial charge in [0, 0.05) is 21.8 Å². The summed E-state index contributed by atoms with van der Waals surface area (Å²) in [4.78, 5) is 2.75. The van der Waals surface area contributed by atoms with Gasteiger partial charge in [0.2, 0.25) is 0 Å². The van der Waals surface area contributed by atoms with Crippen LogP contribution in [0.1, 0.15) is 70.1 Å². The second-order valence-corrected chi connectivity index (χ2v) is 9.40. The number of rotatable bonds is 5. The molecule has 1 aliphatic carbocycles. The van der Waals surface area contributed by atoms with Gasteiger partial charge in [-0.05, 0) is 64.0 Å². The predicted octanol–water partition coefficient (Wildman–Crippen LogP) is 5.12. The molecule has 0 amide bonds. The summed E-state index contributed by atoms with van der Waals surface area (Å²) >= 11 is 1.87. The maximum atomic E-state index is 6.11. The van der Waals surface area contributed by atoms with E-state index in [1.807, 2.05) is 11.3 Å². The highest BCUT2D eigenvalue weighted by Gasteiger charge is 2.27. The molecule has 0 atom stereocenters. The van der Waals surface area contributed by atoms with E-state index in [-0.39, 0.29) is 5.54 Å². The highest BCUT2D eigenvalue weighted by molar-refractivity contribution is 7.11. The Morgan fingerprint density at radius 3 is 2.43 bits per heavy atom. The molecule has 0 bridgehead atoms. The fraction of sp³-hybridized carbons (Fsp3) is 0.778. The molecule has 2 nitrogen and oxygen atoms in total. The van der Waals surface area contributed by atoms with E-state index in [0.29, 0.717) is 11.5 Å². The lowest BCUT2D eigenvalue weighted by Crippen LogP contribution is -2.34. The van der Waals surface area contributed by atoms with Crippen molar-refractivity contribution >= 4 is 11.3 Å². The molecule has 1 heterocycles. The normalized spacial score (nSPS) is 19.9. The maximum Gasteiger partial charge on any atom is 0.0813 e. The summed E-state index contributed by atoms with van der Waals surface area (Å²) in [6, 6.07) is 4.45. The van der Waals surface area contributed by atoms with Gasteiger partial charge in [-0.1, -0.05) is 13.8 Å². The van der Waals surface area contributed by atoms with Crippen LogP contribution in [0.5, 0.6) is 0 Å². The van der Waals surface area contributed by atoms with Gasteiger partial charge in [-0.2, -0.15) is 0 Å². The largest absolute Gasteiger partial charge is 0.373 e. The SMILES string of the molecule is CC1(C)CCC(OCc2ccc(CNC(C)(C)C)s2)CC1. The molecule has 0 radical (unpaired) electrons. The molecule has 1 N–H and O–H groups in total. The first-order valence-electron chi connectivity index (χ1n) is 8.18. The van der Waals surface area contributed by atoms with Crippen molar-refractivity contribution in [3.63, 3.8) is 0 Å². The number of hydrogen-bond acceptors (Lipinski definition) is 3. The first-order valence-corrected chi connectivity index (χ1v) is 8.99. The average molecular weight is 310 g/mol. The zero-order valence-corrected chi connectivity index (χ0v) is 15.1. The van der Waals surface area contributed by atoms with Crippen molar-refractivity contribution in [2.45, 2.75) is 85.1 Å². The third kappa shape index (κ3) is 6.09. The van der Waals surface area contributed by atoms with Crippen molar-refractivity contribution in [3.8, 4) is 0 Å². The Morgan fingerprint density at radius 2 is 1.81 bits per heavy atom. The minimum Gasteiger partial charge on any atom is -0.373 e. The van der Waals surface area contributed by atoms with Crippen LogP contribution in [0, 0.1) is 5.41 Å². The molecule has 3 heteroatoms. The van der Waals surface area contributed by atoms with Crippen LogP contribution in [0.4, 0.5) is 0 Å². The Balaban J connectivity index is 1.73. The van der Waals surface area contributed by atoms with Gasteiger partial charge in [-0.3, -0.25) is 0 Å². The van der Waals surface area contributed by atoms with E-state index in [0.717, 1.165) is 13.2 Å². The van der Waals surface area contributed by atoms with Crippen molar-refractivity contribution in [1.29, 1.82) is 0 Å². The predicted molar refractivity (Wildman–Crippen MR) is 91.7 cm³/mol. The first-order chi connectivity index (χ1) is 9.73. The fourth-order valence-corrected chi connectivity index (χ4v) is 3.57. The molecule has 0 spiro atoms. The van der Waals surface area contributed by atoms with Crippen molar-refractivity contribution < 1.29 is 4.74 Å². The zero-order chi connectivity index (χ0) is 15.5. The zero-order valence-electron chi connectivity index (χ0n) is 14.3. The monoisotopic (exact) mass is 309 g/mol. The standard InChI is InChI=1S/C18H31NOS/c1-17(2,3)19-12-15-6-7-16(21-15)13-20-14-8-10-18(4,5)11-9-14/h6-7,14,19H,8-13H2,1-5H3. The minimum absolute atomic E-state index is 0.176. The Bertz CT molecular complexity index is 434. The smallest absolute Gasteiger partial charge is 0.0813 e. The van der Waals surface area contributed by atoms with Gasteiger partial charge in [-0.15, -0.1) is 11.3 Å². The van der Waals surface area contributed by atoms with Crippen LogP contribution in [0.2, 0.25) is 0 Å². The summed E-state index contributed by atoms with van der Waals surface area (Å²) in [5.41, 5.74) is 0.699. The Morgan fingerprint density at radius 1 is 1.19 bits per heavy atom. The summed E-state index contributed by atoms with van der Waals surface area (Å²) in [6.07, 6.45) is 5.50. The number of ether oxygens (including phenoxy) is 1. The van der Waals surface area contributed by atoms with E-state index in [1.165, 1.54) is 35.4 Å². The van der Waals surface area contributed by atoms with Crippen LogP contribution in [0.15, 0.2) is 12.1 Å². The lowest BCUT2D eigenvalue weighted by Gasteiger charge is -2.34. The third-order valence-corrected chi connectivity index (χ3v) is 5.32. The van der Waals surface area contributed by atoms with Gasteiger partial charge in [-0.25, -0.2) is 0 Å².